The van der Waals surface area contributed by atoms with Crippen LogP contribution in [-0.4, -0.2) is 17.6 Å². The number of aromatic amines is 1. The van der Waals surface area contributed by atoms with E-state index in [0.717, 1.165) is 11.9 Å². The molecule has 3 rings (SSSR count). The minimum absolute atomic E-state index is 0.233. The molecule has 22 heavy (non-hydrogen) atoms. The first kappa shape index (κ1) is 14.5. The number of hydrogen-bond acceptors (Lipinski definition) is 1. The Labute approximate surface area is 133 Å². The molecule has 2 aromatic carbocycles. The van der Waals surface area contributed by atoms with Crippen molar-refractivity contribution in [3.05, 3.63) is 65.3 Å². The molecule has 0 spiro atoms. The van der Waals surface area contributed by atoms with Gasteiger partial charge in [-0.2, -0.15) is 0 Å². The summed E-state index contributed by atoms with van der Waals surface area (Å²) in [5.41, 5.74) is 2.97. The number of amides is 2. The second-order valence-corrected chi connectivity index (χ2v) is 5.48. The molecular formula is C17H16ClN3O. The Bertz CT molecular complexity index is 797. The van der Waals surface area contributed by atoms with E-state index in [-0.39, 0.29) is 6.03 Å². The number of urea groups is 1. The molecule has 5 heteroatoms. The summed E-state index contributed by atoms with van der Waals surface area (Å²) in [6, 6.07) is 15.1. The van der Waals surface area contributed by atoms with E-state index in [1.54, 1.807) is 24.3 Å². The highest BCUT2D eigenvalue weighted by molar-refractivity contribution is 6.30. The average Bonchev–Trinajstić information content (AvgIpc) is 2.95. The molecule has 0 saturated carbocycles. The van der Waals surface area contributed by atoms with E-state index < -0.39 is 0 Å². The molecule has 3 N–H and O–H groups in total. The van der Waals surface area contributed by atoms with Gasteiger partial charge in [0.15, 0.2) is 0 Å². The summed E-state index contributed by atoms with van der Waals surface area (Å²) in [5, 5.41) is 7.38. The monoisotopic (exact) mass is 313 g/mol. The molecule has 0 atom stereocenters. The van der Waals surface area contributed by atoms with Crippen LogP contribution >= 0.6 is 11.6 Å². The highest BCUT2D eigenvalue weighted by atomic mass is 35.5. The number of aromatic nitrogens is 1. The zero-order valence-corrected chi connectivity index (χ0v) is 12.7. The Morgan fingerprint density at radius 2 is 2.05 bits per heavy atom. The topological polar surface area (TPSA) is 56.9 Å². The molecule has 1 heterocycles. The molecule has 112 valence electrons. The van der Waals surface area contributed by atoms with Gasteiger partial charge >= 0.3 is 6.03 Å². The Hall–Kier alpha value is -2.46. The molecule has 0 fully saturated rings. The highest BCUT2D eigenvalue weighted by Crippen LogP contribution is 2.15. The third-order valence-corrected chi connectivity index (χ3v) is 3.64. The van der Waals surface area contributed by atoms with Crippen molar-refractivity contribution in [2.75, 3.05) is 11.9 Å². The number of carbonyl (C=O) groups excluding carboxylic acids is 1. The minimum Gasteiger partial charge on any atom is -0.361 e. The maximum absolute atomic E-state index is 11.8. The third-order valence-electron chi connectivity index (χ3n) is 3.40. The normalized spacial score (nSPS) is 10.6. The van der Waals surface area contributed by atoms with E-state index in [0.29, 0.717) is 17.3 Å². The van der Waals surface area contributed by atoms with Crippen molar-refractivity contribution in [2.45, 2.75) is 6.42 Å². The van der Waals surface area contributed by atoms with Crippen molar-refractivity contribution in [2.24, 2.45) is 0 Å². The van der Waals surface area contributed by atoms with Crippen molar-refractivity contribution in [1.29, 1.82) is 0 Å². The summed E-state index contributed by atoms with van der Waals surface area (Å²) in [6.07, 6.45) is 2.70. The standard InChI is InChI=1S/C17H16ClN3O/c18-14-2-1-3-15(11-14)21-17(22)20-8-6-12-4-5-13-7-9-19-16(13)10-12/h1-5,7,9-11,19H,6,8H2,(H2,20,21,22). The summed E-state index contributed by atoms with van der Waals surface area (Å²) in [6.45, 7) is 0.568. The number of anilines is 1. The van der Waals surface area contributed by atoms with Gasteiger partial charge in [-0.3, -0.25) is 0 Å². The average molecular weight is 314 g/mol. The number of benzene rings is 2. The summed E-state index contributed by atoms with van der Waals surface area (Å²) in [5.74, 6) is 0. The lowest BCUT2D eigenvalue weighted by Crippen LogP contribution is -2.30. The largest absolute Gasteiger partial charge is 0.361 e. The molecule has 0 saturated heterocycles. The van der Waals surface area contributed by atoms with Crippen LogP contribution in [0.4, 0.5) is 10.5 Å². The van der Waals surface area contributed by atoms with Crippen LogP contribution in [0.25, 0.3) is 10.9 Å². The van der Waals surface area contributed by atoms with Crippen molar-refractivity contribution in [3.63, 3.8) is 0 Å². The SMILES string of the molecule is O=C(NCCc1ccc2cc[nH]c2c1)Nc1cccc(Cl)c1. The molecule has 3 aromatic rings. The molecular weight excluding hydrogens is 298 g/mol. The van der Waals surface area contributed by atoms with E-state index in [9.17, 15) is 4.79 Å². The van der Waals surface area contributed by atoms with E-state index in [2.05, 4.69) is 33.8 Å². The maximum atomic E-state index is 11.8. The maximum Gasteiger partial charge on any atom is 0.319 e. The van der Waals surface area contributed by atoms with Gasteiger partial charge in [-0.25, -0.2) is 4.79 Å². The second kappa shape index (κ2) is 6.54. The van der Waals surface area contributed by atoms with Gasteiger partial charge in [0, 0.05) is 29.0 Å². The van der Waals surface area contributed by atoms with Gasteiger partial charge in [0.2, 0.25) is 0 Å². The molecule has 0 bridgehead atoms. The summed E-state index contributed by atoms with van der Waals surface area (Å²) in [7, 11) is 0. The number of nitrogens with one attached hydrogen (secondary N) is 3. The van der Waals surface area contributed by atoms with Gasteiger partial charge in [-0.1, -0.05) is 29.8 Å². The zero-order chi connectivity index (χ0) is 15.4. The van der Waals surface area contributed by atoms with Crippen molar-refractivity contribution >= 4 is 34.2 Å². The lowest BCUT2D eigenvalue weighted by molar-refractivity contribution is 0.252. The number of fused-ring (bicyclic) bond motifs is 1. The lowest BCUT2D eigenvalue weighted by Gasteiger charge is -2.08. The van der Waals surface area contributed by atoms with Gasteiger partial charge in [0.1, 0.15) is 0 Å². The predicted molar refractivity (Wildman–Crippen MR) is 90.5 cm³/mol. The smallest absolute Gasteiger partial charge is 0.319 e. The van der Waals surface area contributed by atoms with Crippen LogP contribution in [0.2, 0.25) is 5.02 Å². The van der Waals surface area contributed by atoms with Gasteiger partial charge in [-0.15, -0.1) is 0 Å². The molecule has 0 aliphatic carbocycles. The quantitative estimate of drug-likeness (QED) is 0.664. The Morgan fingerprint density at radius 1 is 1.14 bits per heavy atom. The first-order valence-electron chi connectivity index (χ1n) is 7.07. The molecule has 0 unspecified atom stereocenters. The van der Waals surface area contributed by atoms with Crippen LogP contribution in [0.3, 0.4) is 0 Å². The van der Waals surface area contributed by atoms with Gasteiger partial charge in [0.05, 0.1) is 0 Å². The first-order valence-corrected chi connectivity index (χ1v) is 7.45. The van der Waals surface area contributed by atoms with Crippen LogP contribution in [0.15, 0.2) is 54.7 Å². The van der Waals surface area contributed by atoms with E-state index in [4.69, 9.17) is 11.6 Å². The lowest BCUT2D eigenvalue weighted by atomic mass is 10.1. The predicted octanol–water partition coefficient (Wildman–Crippen LogP) is 4.19. The zero-order valence-electron chi connectivity index (χ0n) is 11.9. The van der Waals surface area contributed by atoms with E-state index in [1.165, 1.54) is 10.9 Å². The van der Waals surface area contributed by atoms with Crippen molar-refractivity contribution in [1.82, 2.24) is 10.3 Å². The van der Waals surface area contributed by atoms with E-state index >= 15 is 0 Å². The van der Waals surface area contributed by atoms with Crippen LogP contribution in [0.1, 0.15) is 5.56 Å². The number of carbonyl (C=O) groups is 1. The van der Waals surface area contributed by atoms with Crippen LogP contribution < -0.4 is 10.6 Å². The van der Waals surface area contributed by atoms with Gasteiger partial charge in [0.25, 0.3) is 0 Å². The molecule has 4 nitrogen and oxygen atoms in total. The number of H-pyrrole nitrogens is 1. The summed E-state index contributed by atoms with van der Waals surface area (Å²) < 4.78 is 0. The molecule has 0 aliphatic heterocycles. The number of rotatable bonds is 4. The fourth-order valence-electron chi connectivity index (χ4n) is 2.31. The highest BCUT2D eigenvalue weighted by Gasteiger charge is 2.02. The van der Waals surface area contributed by atoms with Gasteiger partial charge in [-0.05, 0) is 47.7 Å². The Balaban J connectivity index is 1.50. The Kier molecular flexibility index (Phi) is 4.30. The van der Waals surface area contributed by atoms with Crippen LogP contribution in [-0.2, 0) is 6.42 Å². The second-order valence-electron chi connectivity index (χ2n) is 5.04. The fraction of sp³-hybridized carbons (Fsp3) is 0.118. The molecule has 2 amide bonds. The third kappa shape index (κ3) is 3.59. The molecule has 0 aliphatic rings. The Morgan fingerprint density at radius 3 is 2.91 bits per heavy atom. The van der Waals surface area contributed by atoms with Crippen molar-refractivity contribution in [3.8, 4) is 0 Å². The van der Waals surface area contributed by atoms with Crippen molar-refractivity contribution < 1.29 is 4.79 Å². The van der Waals surface area contributed by atoms with E-state index in [1.807, 2.05) is 12.3 Å². The molecule has 0 radical (unpaired) electrons. The minimum atomic E-state index is -0.233. The van der Waals surface area contributed by atoms with Crippen LogP contribution in [0, 0.1) is 0 Å². The fourth-order valence-corrected chi connectivity index (χ4v) is 2.50. The van der Waals surface area contributed by atoms with Crippen LogP contribution in [0.5, 0.6) is 0 Å². The number of halogens is 1. The van der Waals surface area contributed by atoms with Gasteiger partial charge < -0.3 is 15.6 Å². The summed E-state index contributed by atoms with van der Waals surface area (Å²) >= 11 is 5.88. The summed E-state index contributed by atoms with van der Waals surface area (Å²) in [4.78, 5) is 15.0. The number of hydrogen-bond donors (Lipinski definition) is 3. The first-order chi connectivity index (χ1) is 10.7. The molecule has 1 aromatic heterocycles.